The fraction of sp³-hybridized carbons (Fsp3) is 0.636. The van der Waals surface area contributed by atoms with Crippen LogP contribution in [-0.4, -0.2) is 66.8 Å². The van der Waals surface area contributed by atoms with Crippen molar-refractivity contribution in [2.24, 2.45) is 0 Å². The minimum atomic E-state index is 0. The molecule has 25 heavy (non-hydrogen) atoms. The summed E-state index contributed by atoms with van der Waals surface area (Å²) in [6.45, 7) is 25.1. The van der Waals surface area contributed by atoms with Crippen LogP contribution in [0.4, 0.5) is 0 Å². The van der Waals surface area contributed by atoms with Gasteiger partial charge in [-0.2, -0.15) is 0 Å². The normalized spacial score (nSPS) is 20.8. The Morgan fingerprint density at radius 1 is 0.480 bits per heavy atom. The first kappa shape index (κ1) is 23.8. The van der Waals surface area contributed by atoms with Gasteiger partial charge in [-0.05, 0) is 62.8 Å². The fourth-order valence-corrected chi connectivity index (χ4v) is 4.34. The van der Waals surface area contributed by atoms with Crippen molar-refractivity contribution in [3.63, 3.8) is 0 Å². The van der Waals surface area contributed by atoms with Gasteiger partial charge >= 0.3 is 0 Å². The number of nitrogens with zero attached hydrogens (tertiary/aromatic N) is 2. The minimum Gasteiger partial charge on any atom is -0.412 e. The maximum absolute atomic E-state index is 3.83. The molecule has 2 aliphatic heterocycles. The van der Waals surface area contributed by atoms with E-state index in [1.54, 1.807) is 0 Å². The summed E-state index contributed by atoms with van der Waals surface area (Å²) < 4.78 is 2.40. The van der Waals surface area contributed by atoms with Gasteiger partial charge in [0.2, 0.25) is 0 Å². The summed E-state index contributed by atoms with van der Waals surface area (Å²) in [5, 5.41) is 0. The van der Waals surface area contributed by atoms with Gasteiger partial charge < -0.3 is 14.4 Å². The van der Waals surface area contributed by atoms with Crippen molar-refractivity contribution in [1.29, 1.82) is 0 Å². The Morgan fingerprint density at radius 3 is 0.920 bits per heavy atom. The van der Waals surface area contributed by atoms with E-state index < -0.39 is 0 Å². The average Bonchev–Trinajstić information content (AvgIpc) is 2.58. The number of hydrogen-bond acceptors (Lipinski definition) is 0. The molecular weight excluding hydrogens is 308 g/mol. The fourth-order valence-electron chi connectivity index (χ4n) is 4.34. The molecule has 2 heterocycles. The molecule has 2 rings (SSSR count). The molecule has 0 radical (unpaired) electrons. The topological polar surface area (TPSA) is 31.5 Å². The van der Waals surface area contributed by atoms with Crippen LogP contribution in [-0.2, 0) is 0 Å². The Hall–Kier alpha value is -1.16. The third kappa shape index (κ3) is 8.17. The van der Waals surface area contributed by atoms with Crippen molar-refractivity contribution in [1.82, 2.24) is 0 Å². The summed E-state index contributed by atoms with van der Waals surface area (Å²) in [6, 6.07) is 0. The molecule has 0 spiro atoms. The van der Waals surface area contributed by atoms with Gasteiger partial charge in [0.1, 0.15) is 0 Å². The van der Waals surface area contributed by atoms with Crippen molar-refractivity contribution in [3.8, 4) is 0 Å². The van der Waals surface area contributed by atoms with Gasteiger partial charge in [-0.25, -0.2) is 0 Å². The molecule has 0 saturated carbocycles. The predicted octanol–water partition coefficient (Wildman–Crippen LogP) is 3.89. The summed E-state index contributed by atoms with van der Waals surface area (Å²) in [5.74, 6) is 0. The van der Waals surface area contributed by atoms with Gasteiger partial charge in [-0.3, -0.25) is 0 Å². The molecule has 2 saturated heterocycles. The largest absolute Gasteiger partial charge is 0.412 e. The van der Waals surface area contributed by atoms with Crippen molar-refractivity contribution in [3.05, 3.63) is 50.6 Å². The van der Waals surface area contributed by atoms with Crippen LogP contribution in [0.3, 0.4) is 0 Å². The molecular formula is C22H42N2O+2. The molecule has 3 nitrogen and oxygen atoms in total. The molecule has 0 bridgehead atoms. The maximum Gasteiger partial charge on any atom is 0.0973 e. The second-order valence-electron chi connectivity index (χ2n) is 7.58. The number of likely N-dealkylation sites (tertiary alicyclic amines) is 2. The monoisotopic (exact) mass is 350 g/mol. The SMILES string of the molecule is C=CC[N+]1(CC=C)CCCCC1.C=CC[N+]1(CC=C)CCCCC1.O. The smallest absolute Gasteiger partial charge is 0.0973 e. The Balaban J connectivity index is 0.000000443. The van der Waals surface area contributed by atoms with E-state index in [4.69, 9.17) is 0 Å². The Bertz CT molecular complexity index is 329. The van der Waals surface area contributed by atoms with Crippen LogP contribution < -0.4 is 0 Å². The number of hydrogen-bond donors (Lipinski definition) is 0. The Labute approximate surface area is 156 Å². The second kappa shape index (κ2) is 13.1. The summed E-state index contributed by atoms with van der Waals surface area (Å²) >= 11 is 0. The predicted molar refractivity (Wildman–Crippen MR) is 112 cm³/mol. The van der Waals surface area contributed by atoms with Crippen LogP contribution in [0, 0.1) is 0 Å². The van der Waals surface area contributed by atoms with Gasteiger partial charge in [0.25, 0.3) is 0 Å². The summed E-state index contributed by atoms with van der Waals surface area (Å²) in [4.78, 5) is 0. The summed E-state index contributed by atoms with van der Waals surface area (Å²) in [6.07, 6.45) is 16.5. The van der Waals surface area contributed by atoms with E-state index >= 15 is 0 Å². The average molecular weight is 351 g/mol. The highest BCUT2D eigenvalue weighted by Gasteiger charge is 2.27. The van der Waals surface area contributed by atoms with Crippen LogP contribution in [0.5, 0.6) is 0 Å². The van der Waals surface area contributed by atoms with E-state index in [0.29, 0.717) is 0 Å². The first-order valence-corrected chi connectivity index (χ1v) is 9.80. The molecule has 0 amide bonds. The quantitative estimate of drug-likeness (QED) is 0.470. The first-order valence-electron chi connectivity index (χ1n) is 9.80. The van der Waals surface area contributed by atoms with Crippen LogP contribution >= 0.6 is 0 Å². The lowest BCUT2D eigenvalue weighted by Crippen LogP contribution is -2.51. The highest BCUT2D eigenvalue weighted by molar-refractivity contribution is 4.74. The van der Waals surface area contributed by atoms with Crippen molar-refractivity contribution >= 4 is 0 Å². The van der Waals surface area contributed by atoms with Gasteiger partial charge in [-0.15, -0.1) is 0 Å². The minimum absolute atomic E-state index is 0. The van der Waals surface area contributed by atoms with E-state index in [9.17, 15) is 0 Å². The van der Waals surface area contributed by atoms with Gasteiger partial charge in [0.15, 0.2) is 0 Å². The molecule has 0 atom stereocenters. The number of quaternary nitrogens is 2. The third-order valence-corrected chi connectivity index (χ3v) is 5.60. The standard InChI is InChI=1S/2C11H20N.H2O/c2*1-3-8-12(9-4-2)10-6-5-7-11-12;/h2*3-4H,1-2,5-11H2;1H2/q2*+1;. The van der Waals surface area contributed by atoms with Gasteiger partial charge in [0, 0.05) is 0 Å². The van der Waals surface area contributed by atoms with E-state index in [1.165, 1.54) is 73.7 Å². The molecule has 2 aliphatic rings. The zero-order chi connectivity index (χ0) is 17.7. The Morgan fingerprint density at radius 2 is 0.720 bits per heavy atom. The van der Waals surface area contributed by atoms with Gasteiger partial charge in [0.05, 0.1) is 52.4 Å². The summed E-state index contributed by atoms with van der Waals surface area (Å²) in [5.41, 5.74) is 0. The molecule has 0 aromatic carbocycles. The van der Waals surface area contributed by atoms with E-state index in [2.05, 4.69) is 50.6 Å². The molecule has 0 aliphatic carbocycles. The zero-order valence-electron chi connectivity index (χ0n) is 16.4. The second-order valence-corrected chi connectivity index (χ2v) is 7.58. The zero-order valence-corrected chi connectivity index (χ0v) is 16.4. The third-order valence-electron chi connectivity index (χ3n) is 5.60. The molecule has 3 heteroatoms. The first-order chi connectivity index (χ1) is 11.7. The van der Waals surface area contributed by atoms with E-state index in [0.717, 1.165) is 26.2 Å². The number of rotatable bonds is 8. The number of piperidine rings is 2. The van der Waals surface area contributed by atoms with Crippen molar-refractivity contribution in [2.45, 2.75) is 38.5 Å². The van der Waals surface area contributed by atoms with E-state index in [-0.39, 0.29) is 5.48 Å². The molecule has 0 aromatic heterocycles. The highest BCUT2D eigenvalue weighted by Crippen LogP contribution is 2.19. The lowest BCUT2D eigenvalue weighted by molar-refractivity contribution is -0.921. The van der Waals surface area contributed by atoms with Crippen LogP contribution in [0.2, 0.25) is 0 Å². The summed E-state index contributed by atoms with van der Waals surface area (Å²) in [7, 11) is 0. The van der Waals surface area contributed by atoms with Crippen LogP contribution in [0.15, 0.2) is 50.6 Å². The molecule has 144 valence electrons. The van der Waals surface area contributed by atoms with Crippen molar-refractivity contribution in [2.75, 3.05) is 52.4 Å². The lowest BCUT2D eigenvalue weighted by Gasteiger charge is -2.40. The van der Waals surface area contributed by atoms with E-state index in [1.807, 2.05) is 0 Å². The van der Waals surface area contributed by atoms with Gasteiger partial charge in [-0.1, -0.05) is 26.3 Å². The molecule has 2 fully saturated rings. The van der Waals surface area contributed by atoms with Crippen molar-refractivity contribution < 1.29 is 14.4 Å². The molecule has 0 unspecified atom stereocenters. The highest BCUT2D eigenvalue weighted by atomic mass is 16.0. The maximum atomic E-state index is 3.83. The Kier molecular flexibility index (Phi) is 12.5. The van der Waals surface area contributed by atoms with Crippen LogP contribution in [0.25, 0.3) is 0 Å². The molecule has 0 aromatic rings. The molecule has 2 N–H and O–H groups in total. The van der Waals surface area contributed by atoms with Crippen LogP contribution in [0.1, 0.15) is 38.5 Å². The lowest BCUT2D eigenvalue weighted by atomic mass is 10.1.